The number of hydrogen-bond donors (Lipinski definition) is 2. The van der Waals surface area contributed by atoms with Gasteiger partial charge in [-0.15, -0.1) is 0 Å². The van der Waals surface area contributed by atoms with Crippen LogP contribution in [-0.4, -0.2) is 71.1 Å². The van der Waals surface area contributed by atoms with Gasteiger partial charge >= 0.3 is 0 Å². The first-order valence-corrected chi connectivity index (χ1v) is 20.4. The van der Waals surface area contributed by atoms with Crippen LogP contribution >= 0.6 is 0 Å². The van der Waals surface area contributed by atoms with Crippen LogP contribution in [-0.2, 0) is 17.8 Å². The predicted molar refractivity (Wildman–Crippen MR) is 218 cm³/mol. The van der Waals surface area contributed by atoms with Gasteiger partial charge in [-0.05, 0) is 154 Å². The second kappa shape index (κ2) is 16.1. The van der Waals surface area contributed by atoms with E-state index in [2.05, 4.69) is 71.9 Å². The smallest absolute Gasteiger partial charge is 0.255 e. The number of piperidine rings is 1. The predicted octanol–water partition coefficient (Wildman–Crippen LogP) is 8.29. The van der Waals surface area contributed by atoms with Crippen LogP contribution in [0.25, 0.3) is 0 Å². The van der Waals surface area contributed by atoms with Crippen LogP contribution in [0.1, 0.15) is 102 Å². The molecule has 8 rings (SSSR count). The zero-order valence-corrected chi connectivity index (χ0v) is 32.6. The van der Waals surface area contributed by atoms with Crippen molar-refractivity contribution in [3.8, 4) is 11.5 Å². The summed E-state index contributed by atoms with van der Waals surface area (Å²) >= 11 is 0. The van der Waals surface area contributed by atoms with E-state index in [-0.39, 0.29) is 29.5 Å². The second-order valence-electron chi connectivity index (χ2n) is 16.3. The molecule has 0 aromatic heterocycles. The fraction of sp³-hybridized carbons (Fsp3) is 0.404. The number of aromatic hydroxyl groups is 1. The Morgan fingerprint density at radius 3 is 2.39 bits per heavy atom. The number of piperazine rings is 1. The maximum Gasteiger partial charge on any atom is 0.255 e. The van der Waals surface area contributed by atoms with E-state index in [9.17, 15) is 19.1 Å². The second-order valence-corrected chi connectivity index (χ2v) is 16.3. The highest BCUT2D eigenvalue weighted by Gasteiger charge is 2.39. The van der Waals surface area contributed by atoms with Crippen LogP contribution in [0, 0.1) is 5.82 Å². The molecule has 5 atom stereocenters. The number of ether oxygens (including phenoxy) is 1. The lowest BCUT2D eigenvalue weighted by atomic mass is 9.69. The van der Waals surface area contributed by atoms with E-state index in [4.69, 9.17) is 4.74 Å². The molecule has 0 radical (unpaired) electrons. The number of carbonyl (C=O) groups excluding carboxylic acids is 2. The Morgan fingerprint density at radius 1 is 0.821 bits per heavy atom. The Hall–Kier alpha value is -5.15. The number of allylic oxidation sites excluding steroid dienone is 1. The summed E-state index contributed by atoms with van der Waals surface area (Å²) in [6.07, 6.45) is 6.29. The molecule has 2 fully saturated rings. The minimum Gasteiger partial charge on any atom is -0.508 e. The third-order valence-corrected chi connectivity index (χ3v) is 12.6. The summed E-state index contributed by atoms with van der Waals surface area (Å²) in [6, 6.07) is 27.5. The number of aryl methyl sites for hydroxylation is 1. The third kappa shape index (κ3) is 7.79. The molecule has 3 heterocycles. The summed E-state index contributed by atoms with van der Waals surface area (Å²) in [6.45, 7) is 12.5. The van der Waals surface area contributed by atoms with Gasteiger partial charge in [0.2, 0.25) is 5.91 Å². The van der Waals surface area contributed by atoms with Gasteiger partial charge in [-0.25, -0.2) is 4.39 Å². The third-order valence-electron chi connectivity index (χ3n) is 12.6. The average molecular weight is 757 g/mol. The first-order chi connectivity index (χ1) is 27.1. The summed E-state index contributed by atoms with van der Waals surface area (Å²) in [5.41, 5.74) is 8.27. The van der Waals surface area contributed by atoms with Crippen LogP contribution in [0.5, 0.6) is 11.5 Å². The summed E-state index contributed by atoms with van der Waals surface area (Å²) in [5.74, 6) is 1.05. The van der Waals surface area contributed by atoms with Crippen molar-refractivity contribution in [1.82, 2.24) is 15.1 Å². The van der Waals surface area contributed by atoms with Crippen LogP contribution in [0.2, 0.25) is 0 Å². The van der Waals surface area contributed by atoms with Gasteiger partial charge in [-0.2, -0.15) is 0 Å². The highest BCUT2D eigenvalue weighted by Crippen LogP contribution is 2.47. The molecule has 4 aromatic rings. The molecule has 0 bridgehead atoms. The van der Waals surface area contributed by atoms with Crippen molar-refractivity contribution in [2.45, 2.75) is 95.3 Å². The van der Waals surface area contributed by atoms with Gasteiger partial charge in [-0.1, -0.05) is 36.9 Å². The van der Waals surface area contributed by atoms with Gasteiger partial charge in [0, 0.05) is 54.6 Å². The van der Waals surface area contributed by atoms with Crippen molar-refractivity contribution in [3.63, 3.8) is 0 Å². The fourth-order valence-corrected chi connectivity index (χ4v) is 9.53. The molecule has 1 unspecified atom stereocenters. The number of amides is 2. The molecule has 2 amide bonds. The summed E-state index contributed by atoms with van der Waals surface area (Å²) in [5, 5.41) is 13.0. The van der Waals surface area contributed by atoms with Crippen LogP contribution in [0.15, 0.2) is 97.2 Å². The monoisotopic (exact) mass is 756 g/mol. The minimum atomic E-state index is -0.447. The van der Waals surface area contributed by atoms with E-state index in [1.807, 2.05) is 30.3 Å². The van der Waals surface area contributed by atoms with E-state index in [0.717, 1.165) is 80.0 Å². The molecule has 3 aliphatic heterocycles. The van der Waals surface area contributed by atoms with Crippen LogP contribution < -0.4 is 15.0 Å². The normalized spacial score (nSPS) is 23.8. The maximum absolute atomic E-state index is 13.8. The number of nitrogens with one attached hydrogen (secondary N) is 1. The molecule has 2 N–H and O–H groups in total. The summed E-state index contributed by atoms with van der Waals surface area (Å²) in [4.78, 5) is 32.7. The number of halogens is 1. The molecule has 4 aliphatic rings. The standard InChI is InChI=1S/C47H53FN4O4/c1-30-7-22-44(46(54)49-30)52-29-36-25-38(15-20-43(36)47(52)55)51-28-31(2)50(27-32(51)3)23-5-4-6-24-56-40-17-10-34(11-18-40)45-41(33-8-13-37(48)14-9-33)19-12-35-26-39(53)16-21-42(35)45/h8-11,13-18,20-21,25-26,31-32,41,44-45,53H,1,4-7,12,19,22-24,27-29H2,2-3H3,(H,49,54)/t31-,32+,41+,44?,45-/m0/s1. The van der Waals surface area contributed by atoms with E-state index < -0.39 is 6.04 Å². The van der Waals surface area contributed by atoms with Crippen LogP contribution in [0.4, 0.5) is 10.1 Å². The minimum absolute atomic E-state index is 0.0595. The molecular formula is C47H53FN4O4. The number of unbranched alkanes of at least 4 members (excludes halogenated alkanes) is 2. The Morgan fingerprint density at radius 2 is 1.61 bits per heavy atom. The molecule has 0 saturated carbocycles. The largest absolute Gasteiger partial charge is 0.508 e. The highest BCUT2D eigenvalue weighted by molar-refractivity contribution is 6.01. The summed E-state index contributed by atoms with van der Waals surface area (Å²) in [7, 11) is 0. The number of hydrogen-bond acceptors (Lipinski definition) is 6. The van der Waals surface area contributed by atoms with Gasteiger partial charge in [0.15, 0.2) is 0 Å². The lowest BCUT2D eigenvalue weighted by Crippen LogP contribution is -2.56. The van der Waals surface area contributed by atoms with E-state index in [0.29, 0.717) is 49.4 Å². The zero-order chi connectivity index (χ0) is 38.9. The van der Waals surface area contributed by atoms with E-state index in [1.165, 1.54) is 16.7 Å². The number of benzene rings is 4. The Bertz CT molecular complexity index is 2080. The van der Waals surface area contributed by atoms with Crippen molar-refractivity contribution in [2.75, 3.05) is 31.1 Å². The number of phenolic OH excluding ortho intramolecular Hbond substituents is 1. The quantitative estimate of drug-likeness (QED) is 0.150. The fourth-order valence-electron chi connectivity index (χ4n) is 9.53. The first-order valence-electron chi connectivity index (χ1n) is 20.4. The molecule has 56 heavy (non-hydrogen) atoms. The maximum atomic E-state index is 13.8. The molecule has 1 aliphatic carbocycles. The zero-order valence-electron chi connectivity index (χ0n) is 32.6. The van der Waals surface area contributed by atoms with Gasteiger partial charge in [0.25, 0.3) is 5.91 Å². The number of rotatable bonds is 11. The van der Waals surface area contributed by atoms with Gasteiger partial charge in [0.05, 0.1) is 6.61 Å². The van der Waals surface area contributed by atoms with Crippen molar-refractivity contribution in [1.29, 1.82) is 0 Å². The average Bonchev–Trinajstić information content (AvgIpc) is 3.52. The van der Waals surface area contributed by atoms with Crippen molar-refractivity contribution in [2.24, 2.45) is 0 Å². The molecule has 0 spiro atoms. The molecular weight excluding hydrogens is 704 g/mol. The van der Waals surface area contributed by atoms with Crippen molar-refractivity contribution in [3.05, 3.63) is 136 Å². The molecule has 2 saturated heterocycles. The Labute approximate surface area is 330 Å². The molecule has 4 aromatic carbocycles. The number of carbonyl (C=O) groups is 2. The Kier molecular flexibility index (Phi) is 10.9. The molecule has 8 nitrogen and oxygen atoms in total. The van der Waals surface area contributed by atoms with Gasteiger partial charge < -0.3 is 25.0 Å². The van der Waals surface area contributed by atoms with Gasteiger partial charge in [-0.3, -0.25) is 14.5 Å². The Balaban J connectivity index is 0.806. The van der Waals surface area contributed by atoms with Crippen molar-refractivity contribution >= 4 is 17.5 Å². The van der Waals surface area contributed by atoms with Crippen molar-refractivity contribution < 1.29 is 23.8 Å². The van der Waals surface area contributed by atoms with Gasteiger partial charge in [0.1, 0.15) is 23.4 Å². The first kappa shape index (κ1) is 37.8. The number of nitrogens with zero attached hydrogens (tertiary/aromatic N) is 3. The topological polar surface area (TPSA) is 85.4 Å². The van der Waals surface area contributed by atoms with E-state index in [1.54, 1.807) is 23.1 Å². The number of fused-ring (bicyclic) bond motifs is 2. The molecule has 9 heteroatoms. The SMILES string of the molecule is C=C1CCC(N2Cc3cc(N4C[C@H](C)N(CCCCCOc5ccc([C@@H]6c7ccc(O)cc7CC[C@@H]6c6ccc(F)cc6)cc5)C[C@H]4C)ccc3C2=O)C(=O)N1. The number of phenols is 1. The lowest BCUT2D eigenvalue weighted by molar-refractivity contribution is -0.126. The number of anilines is 1. The van der Waals surface area contributed by atoms with E-state index >= 15 is 0 Å². The highest BCUT2D eigenvalue weighted by atomic mass is 19.1. The molecule has 292 valence electrons. The lowest BCUT2D eigenvalue weighted by Gasteiger charge is -2.45. The van der Waals surface area contributed by atoms with Crippen LogP contribution in [0.3, 0.4) is 0 Å². The summed E-state index contributed by atoms with van der Waals surface area (Å²) < 4.78 is 20.0.